The van der Waals surface area contributed by atoms with Crippen LogP contribution in [0.5, 0.6) is 5.75 Å². The van der Waals surface area contributed by atoms with Crippen LogP contribution in [-0.2, 0) is 16.4 Å². The van der Waals surface area contributed by atoms with E-state index in [1.807, 2.05) is 0 Å². The van der Waals surface area contributed by atoms with Crippen LogP contribution in [0.4, 0.5) is 8.78 Å². The van der Waals surface area contributed by atoms with Crippen molar-refractivity contribution in [1.82, 2.24) is 4.72 Å². The molecule has 0 aliphatic heterocycles. The molecule has 0 saturated heterocycles. The fourth-order valence-electron chi connectivity index (χ4n) is 1.93. The molecule has 0 aromatic heterocycles. The Morgan fingerprint density at radius 2 is 1.64 bits per heavy atom. The fourth-order valence-corrected chi connectivity index (χ4v) is 3.10. The third-order valence-electron chi connectivity index (χ3n) is 3.05. The molecule has 2 rings (SSSR count). The van der Waals surface area contributed by atoms with Crippen molar-refractivity contribution in [3.63, 3.8) is 0 Å². The first-order valence-electron chi connectivity index (χ1n) is 6.50. The molecule has 2 aromatic rings. The van der Waals surface area contributed by atoms with E-state index in [0.717, 1.165) is 23.8 Å². The van der Waals surface area contributed by atoms with Gasteiger partial charge in [0.15, 0.2) is 4.90 Å². The molecule has 0 heterocycles. The van der Waals surface area contributed by atoms with Crippen molar-refractivity contribution in [3.8, 4) is 5.75 Å². The minimum atomic E-state index is -4.23. The van der Waals surface area contributed by atoms with E-state index in [-0.39, 0.29) is 6.54 Å². The molecule has 0 bridgehead atoms. The molecule has 0 aliphatic carbocycles. The highest BCUT2D eigenvalue weighted by Crippen LogP contribution is 2.18. The first-order valence-corrected chi connectivity index (χ1v) is 7.99. The van der Waals surface area contributed by atoms with Gasteiger partial charge in [0, 0.05) is 6.54 Å². The molecule has 0 spiro atoms. The fraction of sp³-hybridized carbons (Fsp3) is 0.200. The van der Waals surface area contributed by atoms with Crippen LogP contribution in [0, 0.1) is 11.6 Å². The van der Waals surface area contributed by atoms with E-state index < -0.39 is 26.6 Å². The average Bonchev–Trinajstić information content (AvgIpc) is 2.47. The Labute approximate surface area is 127 Å². The predicted octanol–water partition coefficient (Wildman–Crippen LogP) is 2.49. The number of nitrogens with one attached hydrogen (secondary N) is 1. The van der Waals surface area contributed by atoms with Gasteiger partial charge in [0.2, 0.25) is 10.0 Å². The normalized spacial score (nSPS) is 11.4. The molecule has 4 nitrogen and oxygen atoms in total. The summed E-state index contributed by atoms with van der Waals surface area (Å²) in [5.41, 5.74) is 0.873. The SMILES string of the molecule is COc1ccc(CCNS(=O)(=O)c2c(F)cccc2F)cc1. The minimum absolute atomic E-state index is 0.0302. The van der Waals surface area contributed by atoms with Gasteiger partial charge in [-0.25, -0.2) is 21.9 Å². The van der Waals surface area contributed by atoms with Crippen LogP contribution in [0.3, 0.4) is 0 Å². The van der Waals surface area contributed by atoms with Crippen molar-refractivity contribution in [3.05, 3.63) is 59.7 Å². The van der Waals surface area contributed by atoms with Crippen LogP contribution in [0.1, 0.15) is 5.56 Å². The van der Waals surface area contributed by atoms with Crippen molar-refractivity contribution < 1.29 is 21.9 Å². The second kappa shape index (κ2) is 6.85. The Bertz CT molecular complexity index is 726. The lowest BCUT2D eigenvalue weighted by Crippen LogP contribution is -2.27. The van der Waals surface area contributed by atoms with Gasteiger partial charge in [-0.05, 0) is 36.2 Å². The molecule has 2 aromatic carbocycles. The van der Waals surface area contributed by atoms with Gasteiger partial charge in [-0.15, -0.1) is 0 Å². The topological polar surface area (TPSA) is 55.4 Å². The van der Waals surface area contributed by atoms with Crippen LogP contribution < -0.4 is 9.46 Å². The summed E-state index contributed by atoms with van der Waals surface area (Å²) >= 11 is 0. The van der Waals surface area contributed by atoms with Gasteiger partial charge in [-0.2, -0.15) is 0 Å². The van der Waals surface area contributed by atoms with E-state index in [1.165, 1.54) is 0 Å². The summed E-state index contributed by atoms with van der Waals surface area (Å²) in [6.07, 6.45) is 0.388. The number of hydrogen-bond acceptors (Lipinski definition) is 3. The van der Waals surface area contributed by atoms with E-state index in [2.05, 4.69) is 4.72 Å². The van der Waals surface area contributed by atoms with Crippen LogP contribution >= 0.6 is 0 Å². The maximum absolute atomic E-state index is 13.5. The van der Waals surface area contributed by atoms with Crippen molar-refractivity contribution in [2.75, 3.05) is 13.7 Å². The molecule has 0 amide bonds. The van der Waals surface area contributed by atoms with Gasteiger partial charge < -0.3 is 4.74 Å². The lowest BCUT2D eigenvalue weighted by molar-refractivity contribution is 0.414. The zero-order valence-electron chi connectivity index (χ0n) is 11.8. The summed E-state index contributed by atoms with van der Waals surface area (Å²) < 4.78 is 58.1. The van der Waals surface area contributed by atoms with Crippen molar-refractivity contribution in [2.24, 2.45) is 0 Å². The molecule has 1 N–H and O–H groups in total. The molecule has 0 radical (unpaired) electrons. The average molecular weight is 327 g/mol. The predicted molar refractivity (Wildman–Crippen MR) is 78.2 cm³/mol. The summed E-state index contributed by atoms with van der Waals surface area (Å²) in [4.78, 5) is -0.954. The van der Waals surface area contributed by atoms with Gasteiger partial charge in [-0.3, -0.25) is 0 Å². The second-order valence-electron chi connectivity index (χ2n) is 4.55. The molecular weight excluding hydrogens is 312 g/mol. The number of halogens is 2. The van der Waals surface area contributed by atoms with Crippen LogP contribution in [-0.4, -0.2) is 22.1 Å². The molecular formula is C15H15F2NO3S. The monoisotopic (exact) mass is 327 g/mol. The summed E-state index contributed by atoms with van der Waals surface area (Å²) in [6.45, 7) is 0.0302. The Hall–Kier alpha value is -1.99. The first-order chi connectivity index (χ1) is 10.4. The second-order valence-corrected chi connectivity index (χ2v) is 6.25. The van der Waals surface area contributed by atoms with Crippen molar-refractivity contribution in [2.45, 2.75) is 11.3 Å². The summed E-state index contributed by atoms with van der Waals surface area (Å²) in [6, 6.07) is 10.00. The molecule has 0 atom stereocenters. The Kier molecular flexibility index (Phi) is 5.10. The maximum Gasteiger partial charge on any atom is 0.246 e. The minimum Gasteiger partial charge on any atom is -0.497 e. The van der Waals surface area contributed by atoms with Gasteiger partial charge >= 0.3 is 0 Å². The highest BCUT2D eigenvalue weighted by atomic mass is 32.2. The largest absolute Gasteiger partial charge is 0.497 e. The van der Waals surface area contributed by atoms with E-state index in [0.29, 0.717) is 12.2 Å². The number of rotatable bonds is 6. The maximum atomic E-state index is 13.5. The standard InChI is InChI=1S/C15H15F2NO3S/c1-21-12-7-5-11(6-8-12)9-10-18-22(19,20)15-13(16)3-2-4-14(15)17/h2-8,18H,9-10H2,1H3. The molecule has 0 aliphatic rings. The highest BCUT2D eigenvalue weighted by molar-refractivity contribution is 7.89. The lowest BCUT2D eigenvalue weighted by atomic mass is 10.1. The molecule has 0 unspecified atom stereocenters. The molecule has 22 heavy (non-hydrogen) atoms. The van der Waals surface area contributed by atoms with Gasteiger partial charge in [0.05, 0.1) is 7.11 Å². The number of sulfonamides is 1. The molecule has 0 saturated carbocycles. The number of methoxy groups -OCH3 is 1. The van der Waals surface area contributed by atoms with Crippen molar-refractivity contribution in [1.29, 1.82) is 0 Å². The quantitative estimate of drug-likeness (QED) is 0.887. The first kappa shape index (κ1) is 16.4. The third kappa shape index (κ3) is 3.80. The van der Waals surface area contributed by atoms with Gasteiger partial charge in [0.1, 0.15) is 17.4 Å². The zero-order chi connectivity index (χ0) is 16.2. The Balaban J connectivity index is 2.03. The van der Waals surface area contributed by atoms with E-state index in [1.54, 1.807) is 31.4 Å². The van der Waals surface area contributed by atoms with E-state index in [4.69, 9.17) is 4.74 Å². The van der Waals surface area contributed by atoms with Crippen LogP contribution in [0.15, 0.2) is 47.4 Å². The van der Waals surface area contributed by atoms with Gasteiger partial charge in [-0.1, -0.05) is 18.2 Å². The number of benzene rings is 2. The summed E-state index contributed by atoms with van der Waals surface area (Å²) in [5.74, 6) is -1.54. The molecule has 7 heteroatoms. The Morgan fingerprint density at radius 1 is 1.05 bits per heavy atom. The van der Waals surface area contributed by atoms with Crippen LogP contribution in [0.2, 0.25) is 0 Å². The van der Waals surface area contributed by atoms with Crippen LogP contribution in [0.25, 0.3) is 0 Å². The van der Waals surface area contributed by atoms with E-state index in [9.17, 15) is 17.2 Å². The lowest BCUT2D eigenvalue weighted by Gasteiger charge is -2.09. The Morgan fingerprint density at radius 3 is 2.18 bits per heavy atom. The molecule has 0 fully saturated rings. The highest BCUT2D eigenvalue weighted by Gasteiger charge is 2.23. The number of ether oxygens (including phenoxy) is 1. The summed E-state index contributed by atoms with van der Waals surface area (Å²) in [7, 11) is -2.68. The van der Waals surface area contributed by atoms with E-state index >= 15 is 0 Å². The molecule has 118 valence electrons. The van der Waals surface area contributed by atoms with Gasteiger partial charge in [0.25, 0.3) is 0 Å². The summed E-state index contributed by atoms with van der Waals surface area (Å²) in [5, 5.41) is 0. The van der Waals surface area contributed by atoms with Crippen molar-refractivity contribution >= 4 is 10.0 Å². The number of hydrogen-bond donors (Lipinski definition) is 1. The third-order valence-corrected chi connectivity index (χ3v) is 4.56. The smallest absolute Gasteiger partial charge is 0.246 e. The zero-order valence-corrected chi connectivity index (χ0v) is 12.7.